The van der Waals surface area contributed by atoms with E-state index in [2.05, 4.69) is 30.0 Å². The quantitative estimate of drug-likeness (QED) is 0.693. The Morgan fingerprint density at radius 3 is 2.62 bits per heavy atom. The highest BCUT2D eigenvalue weighted by atomic mass is 15.2. The van der Waals surface area contributed by atoms with E-state index in [9.17, 15) is 0 Å². The number of hydrogen-bond donors (Lipinski definition) is 0. The standard InChI is InChI=1S/C15H19N/c1-10-14-8-16(9-15(10)14)13-6-5-11-3-2-4-12(11)7-13/h5-7,10,14-15H,2-4,8-9H2,1H3. The first-order chi connectivity index (χ1) is 7.83. The average Bonchev–Trinajstić information content (AvgIpc) is 2.82. The SMILES string of the molecule is CC1C2CN(c3ccc4c(c3)CCC4)CC12. The van der Waals surface area contributed by atoms with Gasteiger partial charge in [0.15, 0.2) is 0 Å². The number of rotatable bonds is 1. The molecule has 2 fully saturated rings. The van der Waals surface area contributed by atoms with Crippen molar-refractivity contribution in [1.29, 1.82) is 0 Å². The number of benzene rings is 1. The summed E-state index contributed by atoms with van der Waals surface area (Å²) >= 11 is 0. The van der Waals surface area contributed by atoms with Crippen molar-refractivity contribution >= 4 is 5.69 Å². The van der Waals surface area contributed by atoms with E-state index in [4.69, 9.17) is 0 Å². The Morgan fingerprint density at radius 1 is 1.06 bits per heavy atom. The van der Waals surface area contributed by atoms with E-state index in [1.165, 1.54) is 38.0 Å². The van der Waals surface area contributed by atoms with Crippen LogP contribution < -0.4 is 4.90 Å². The summed E-state index contributed by atoms with van der Waals surface area (Å²) in [5.74, 6) is 3.02. The van der Waals surface area contributed by atoms with Crippen molar-refractivity contribution in [2.24, 2.45) is 17.8 Å². The maximum absolute atomic E-state index is 2.61. The Hall–Kier alpha value is -0.980. The molecule has 0 N–H and O–H groups in total. The normalized spacial score (nSPS) is 35.1. The minimum absolute atomic E-state index is 1.01. The van der Waals surface area contributed by atoms with Gasteiger partial charge in [-0.1, -0.05) is 13.0 Å². The second-order valence-electron chi connectivity index (χ2n) is 5.90. The zero-order valence-corrected chi connectivity index (χ0v) is 9.95. The van der Waals surface area contributed by atoms with E-state index in [1.54, 1.807) is 11.1 Å². The molecular formula is C15H19N. The van der Waals surface area contributed by atoms with E-state index < -0.39 is 0 Å². The first-order valence-electron chi connectivity index (χ1n) is 6.70. The molecule has 1 aromatic carbocycles. The maximum Gasteiger partial charge on any atom is 0.0369 e. The lowest BCUT2D eigenvalue weighted by Gasteiger charge is -2.22. The Balaban J connectivity index is 1.60. The van der Waals surface area contributed by atoms with Gasteiger partial charge >= 0.3 is 0 Å². The van der Waals surface area contributed by atoms with Gasteiger partial charge in [-0.3, -0.25) is 0 Å². The number of anilines is 1. The topological polar surface area (TPSA) is 3.24 Å². The first kappa shape index (κ1) is 9.09. The summed E-state index contributed by atoms with van der Waals surface area (Å²) in [6.07, 6.45) is 3.97. The van der Waals surface area contributed by atoms with E-state index in [-0.39, 0.29) is 0 Å². The van der Waals surface area contributed by atoms with Crippen LogP contribution in [0.2, 0.25) is 0 Å². The van der Waals surface area contributed by atoms with Crippen LogP contribution in [0, 0.1) is 17.8 Å². The summed E-state index contributed by atoms with van der Waals surface area (Å²) in [5.41, 5.74) is 4.70. The van der Waals surface area contributed by atoms with Gasteiger partial charge in [-0.15, -0.1) is 0 Å². The minimum Gasteiger partial charge on any atom is -0.371 e. The Bertz CT molecular complexity index is 425. The molecule has 1 aromatic rings. The van der Waals surface area contributed by atoms with Crippen LogP contribution in [0.4, 0.5) is 5.69 Å². The van der Waals surface area contributed by atoms with Gasteiger partial charge in [0.2, 0.25) is 0 Å². The molecule has 16 heavy (non-hydrogen) atoms. The van der Waals surface area contributed by atoms with Crippen molar-refractivity contribution in [3.63, 3.8) is 0 Å². The average molecular weight is 213 g/mol. The summed E-state index contributed by atoms with van der Waals surface area (Å²) in [7, 11) is 0. The molecule has 1 nitrogen and oxygen atoms in total. The van der Waals surface area contributed by atoms with Crippen molar-refractivity contribution in [3.8, 4) is 0 Å². The largest absolute Gasteiger partial charge is 0.371 e. The number of hydrogen-bond acceptors (Lipinski definition) is 1. The van der Waals surface area contributed by atoms with Gasteiger partial charge in [0.1, 0.15) is 0 Å². The Labute approximate surface area is 97.5 Å². The van der Waals surface area contributed by atoms with Gasteiger partial charge in [0.25, 0.3) is 0 Å². The van der Waals surface area contributed by atoms with Crippen molar-refractivity contribution in [2.45, 2.75) is 26.2 Å². The summed E-state index contributed by atoms with van der Waals surface area (Å²) < 4.78 is 0. The van der Waals surface area contributed by atoms with E-state index >= 15 is 0 Å². The van der Waals surface area contributed by atoms with Gasteiger partial charge in [-0.25, -0.2) is 0 Å². The molecule has 2 atom stereocenters. The van der Waals surface area contributed by atoms with Crippen LogP contribution in [0.15, 0.2) is 18.2 Å². The highest BCUT2D eigenvalue weighted by molar-refractivity contribution is 5.54. The zero-order valence-electron chi connectivity index (χ0n) is 9.95. The fourth-order valence-corrected chi connectivity index (χ4v) is 3.79. The predicted octanol–water partition coefficient (Wildman–Crippen LogP) is 2.88. The van der Waals surface area contributed by atoms with Crippen molar-refractivity contribution in [3.05, 3.63) is 29.3 Å². The summed E-state index contributed by atoms with van der Waals surface area (Å²) in [4.78, 5) is 2.61. The van der Waals surface area contributed by atoms with E-state index in [1.807, 2.05) is 0 Å². The van der Waals surface area contributed by atoms with Crippen molar-refractivity contribution in [2.75, 3.05) is 18.0 Å². The summed E-state index contributed by atoms with van der Waals surface area (Å²) in [6.45, 7) is 5.03. The van der Waals surface area contributed by atoms with Crippen LogP contribution in [-0.4, -0.2) is 13.1 Å². The molecular weight excluding hydrogens is 194 g/mol. The lowest BCUT2D eigenvalue weighted by molar-refractivity contribution is 0.690. The molecule has 4 rings (SSSR count). The highest BCUT2D eigenvalue weighted by Gasteiger charge is 2.52. The van der Waals surface area contributed by atoms with Gasteiger partial charge in [0.05, 0.1) is 0 Å². The van der Waals surface area contributed by atoms with Crippen LogP contribution in [0.3, 0.4) is 0 Å². The Morgan fingerprint density at radius 2 is 1.81 bits per heavy atom. The molecule has 0 radical (unpaired) electrons. The third-order valence-electron chi connectivity index (χ3n) is 5.07. The first-order valence-corrected chi connectivity index (χ1v) is 6.70. The molecule has 84 valence electrons. The number of aryl methyl sites for hydroxylation is 2. The lowest BCUT2D eigenvalue weighted by Crippen LogP contribution is -2.23. The molecule has 1 aliphatic heterocycles. The molecule has 1 saturated carbocycles. The van der Waals surface area contributed by atoms with Crippen LogP contribution >= 0.6 is 0 Å². The van der Waals surface area contributed by atoms with Crippen LogP contribution in [0.25, 0.3) is 0 Å². The molecule has 1 saturated heterocycles. The van der Waals surface area contributed by atoms with Gasteiger partial charge in [0, 0.05) is 18.8 Å². The number of fused-ring (bicyclic) bond motifs is 2. The third-order valence-corrected chi connectivity index (χ3v) is 5.07. The second kappa shape index (κ2) is 3.03. The molecule has 0 spiro atoms. The fraction of sp³-hybridized carbons (Fsp3) is 0.600. The lowest BCUT2D eigenvalue weighted by atomic mass is 10.1. The van der Waals surface area contributed by atoms with Crippen LogP contribution in [0.5, 0.6) is 0 Å². The predicted molar refractivity (Wildman–Crippen MR) is 66.8 cm³/mol. The van der Waals surface area contributed by atoms with E-state index in [0.29, 0.717) is 0 Å². The van der Waals surface area contributed by atoms with Crippen LogP contribution in [0.1, 0.15) is 24.5 Å². The smallest absolute Gasteiger partial charge is 0.0369 e. The fourth-order valence-electron chi connectivity index (χ4n) is 3.79. The Kier molecular flexibility index (Phi) is 1.72. The zero-order chi connectivity index (χ0) is 10.7. The second-order valence-corrected chi connectivity index (χ2v) is 5.90. The molecule has 3 aliphatic rings. The van der Waals surface area contributed by atoms with Gasteiger partial charge < -0.3 is 4.90 Å². The molecule has 2 aliphatic carbocycles. The molecule has 1 heterocycles. The molecule has 0 aromatic heterocycles. The number of piperidine rings is 1. The third kappa shape index (κ3) is 1.17. The summed E-state index contributed by atoms with van der Waals surface area (Å²) in [6, 6.07) is 7.17. The molecule has 1 heteroatoms. The van der Waals surface area contributed by atoms with Crippen molar-refractivity contribution in [1.82, 2.24) is 0 Å². The number of nitrogens with zero attached hydrogens (tertiary/aromatic N) is 1. The highest BCUT2D eigenvalue weighted by Crippen LogP contribution is 2.52. The minimum atomic E-state index is 1.01. The van der Waals surface area contributed by atoms with Gasteiger partial charge in [-0.2, -0.15) is 0 Å². The molecule has 0 amide bonds. The molecule has 2 unspecified atom stereocenters. The van der Waals surface area contributed by atoms with Gasteiger partial charge in [-0.05, 0) is 60.3 Å². The molecule has 0 bridgehead atoms. The van der Waals surface area contributed by atoms with E-state index in [0.717, 1.165) is 17.8 Å². The van der Waals surface area contributed by atoms with Crippen molar-refractivity contribution < 1.29 is 0 Å². The monoisotopic (exact) mass is 213 g/mol. The van der Waals surface area contributed by atoms with Crippen LogP contribution in [-0.2, 0) is 12.8 Å². The maximum atomic E-state index is 2.61. The summed E-state index contributed by atoms with van der Waals surface area (Å²) in [5, 5.41) is 0.